The molecule has 11 heteroatoms. The highest BCUT2D eigenvalue weighted by Crippen LogP contribution is 2.16. The molecule has 0 aliphatic heterocycles. The minimum Gasteiger partial charge on any atom is -0.352 e. The zero-order valence-corrected chi connectivity index (χ0v) is 19.4. The first-order valence-corrected chi connectivity index (χ1v) is 12.1. The van der Waals surface area contributed by atoms with Gasteiger partial charge in [0.1, 0.15) is 0 Å². The Bertz CT molecular complexity index is 1280. The van der Waals surface area contributed by atoms with Crippen LogP contribution < -0.4 is 26.6 Å². The van der Waals surface area contributed by atoms with E-state index in [-0.39, 0.29) is 23.4 Å². The topological polar surface area (TPSA) is 159 Å². The molecule has 0 saturated carbocycles. The molecule has 3 rings (SSSR count). The summed E-state index contributed by atoms with van der Waals surface area (Å²) in [6.45, 7) is 0.0948. The number of amides is 4. The Morgan fingerprint density at radius 3 is 2.14 bits per heavy atom. The van der Waals surface area contributed by atoms with Crippen molar-refractivity contribution in [3.05, 3.63) is 102 Å². The highest BCUT2D eigenvalue weighted by Gasteiger charge is 2.19. The molecule has 1 unspecified atom stereocenters. The Hall–Kier alpha value is -4.22. The van der Waals surface area contributed by atoms with Gasteiger partial charge in [0.15, 0.2) is 0 Å². The Balaban J connectivity index is 1.60. The first-order valence-electron chi connectivity index (χ1n) is 10.6. The standard InChI is InChI=1S/C24H25N5O5S/c25-24(32)27-21(18-10-5-2-6-11-18)15-22(30)28-29-23(31)19-12-7-13-20(14-19)35(33,34)26-16-17-8-3-1-4-9-17/h1-14,21,26H,15-16H2,(H,28,30)(H,29,31)(H3,25,27,32). The van der Waals surface area contributed by atoms with Crippen LogP contribution in [0.1, 0.15) is 33.9 Å². The summed E-state index contributed by atoms with van der Waals surface area (Å²) in [5.41, 5.74) is 11.2. The molecule has 0 aliphatic rings. The number of nitrogens with one attached hydrogen (secondary N) is 4. The molecule has 35 heavy (non-hydrogen) atoms. The first-order chi connectivity index (χ1) is 16.7. The van der Waals surface area contributed by atoms with Gasteiger partial charge in [-0.2, -0.15) is 0 Å². The molecule has 4 amide bonds. The highest BCUT2D eigenvalue weighted by atomic mass is 32.2. The number of hydrazine groups is 1. The van der Waals surface area contributed by atoms with Crippen LogP contribution in [0.5, 0.6) is 0 Å². The molecule has 3 aromatic carbocycles. The van der Waals surface area contributed by atoms with Crippen molar-refractivity contribution in [3.8, 4) is 0 Å². The summed E-state index contributed by atoms with van der Waals surface area (Å²) in [4.78, 5) is 36.1. The second-order valence-electron chi connectivity index (χ2n) is 7.52. The van der Waals surface area contributed by atoms with Crippen molar-refractivity contribution in [2.75, 3.05) is 0 Å². The second-order valence-corrected chi connectivity index (χ2v) is 9.28. The van der Waals surface area contributed by atoms with Gasteiger partial charge in [-0.3, -0.25) is 20.4 Å². The Morgan fingerprint density at radius 2 is 1.49 bits per heavy atom. The lowest BCUT2D eigenvalue weighted by molar-refractivity contribution is -0.122. The van der Waals surface area contributed by atoms with E-state index in [9.17, 15) is 22.8 Å². The van der Waals surface area contributed by atoms with E-state index in [2.05, 4.69) is 20.9 Å². The van der Waals surface area contributed by atoms with Crippen LogP contribution in [-0.4, -0.2) is 26.3 Å². The van der Waals surface area contributed by atoms with Gasteiger partial charge in [-0.15, -0.1) is 0 Å². The Labute approximate surface area is 202 Å². The fourth-order valence-corrected chi connectivity index (χ4v) is 4.27. The van der Waals surface area contributed by atoms with Gasteiger partial charge in [-0.1, -0.05) is 66.7 Å². The van der Waals surface area contributed by atoms with Crippen molar-refractivity contribution >= 4 is 27.9 Å². The van der Waals surface area contributed by atoms with Gasteiger partial charge in [-0.05, 0) is 29.3 Å². The van der Waals surface area contributed by atoms with Gasteiger partial charge in [0, 0.05) is 12.1 Å². The average molecular weight is 496 g/mol. The van der Waals surface area contributed by atoms with Crippen molar-refractivity contribution in [1.82, 2.24) is 20.9 Å². The van der Waals surface area contributed by atoms with Crippen molar-refractivity contribution in [1.29, 1.82) is 0 Å². The quantitative estimate of drug-likeness (QED) is 0.285. The normalized spacial score (nSPS) is 11.8. The number of rotatable bonds is 9. The van der Waals surface area contributed by atoms with Gasteiger partial charge in [0.25, 0.3) is 5.91 Å². The maximum atomic E-state index is 12.6. The molecule has 182 valence electrons. The van der Waals surface area contributed by atoms with Gasteiger partial charge in [0.05, 0.1) is 17.4 Å². The minimum atomic E-state index is -3.87. The van der Waals surface area contributed by atoms with E-state index in [1.54, 1.807) is 54.6 Å². The Kier molecular flexibility index (Phi) is 8.54. The van der Waals surface area contributed by atoms with Crippen molar-refractivity contribution in [2.24, 2.45) is 5.73 Å². The third-order valence-corrected chi connectivity index (χ3v) is 6.34. The van der Waals surface area contributed by atoms with Crippen LogP contribution >= 0.6 is 0 Å². The number of primary amides is 1. The first kappa shape index (κ1) is 25.4. The summed E-state index contributed by atoms with van der Waals surface area (Å²) in [6.07, 6.45) is -0.189. The van der Waals surface area contributed by atoms with E-state index in [0.29, 0.717) is 5.56 Å². The van der Waals surface area contributed by atoms with E-state index in [1.165, 1.54) is 24.3 Å². The smallest absolute Gasteiger partial charge is 0.312 e. The van der Waals surface area contributed by atoms with Crippen LogP contribution in [0.3, 0.4) is 0 Å². The van der Waals surface area contributed by atoms with E-state index >= 15 is 0 Å². The lowest BCUT2D eigenvalue weighted by Crippen LogP contribution is -2.44. The van der Waals surface area contributed by atoms with Gasteiger partial charge in [0.2, 0.25) is 15.9 Å². The van der Waals surface area contributed by atoms with Crippen molar-refractivity contribution in [2.45, 2.75) is 23.9 Å². The molecule has 0 bridgehead atoms. The van der Waals surface area contributed by atoms with E-state index < -0.39 is 33.9 Å². The number of benzene rings is 3. The molecule has 0 aromatic heterocycles. The van der Waals surface area contributed by atoms with Crippen LogP contribution in [0.2, 0.25) is 0 Å². The van der Waals surface area contributed by atoms with Crippen LogP contribution in [-0.2, 0) is 21.4 Å². The molecular formula is C24H25N5O5S. The summed E-state index contributed by atoms with van der Waals surface area (Å²) in [7, 11) is -3.87. The van der Waals surface area contributed by atoms with Crippen LogP contribution in [0.15, 0.2) is 89.8 Å². The van der Waals surface area contributed by atoms with Gasteiger partial charge >= 0.3 is 6.03 Å². The van der Waals surface area contributed by atoms with E-state index in [0.717, 1.165) is 5.56 Å². The summed E-state index contributed by atoms with van der Waals surface area (Å²) >= 11 is 0. The summed E-state index contributed by atoms with van der Waals surface area (Å²) in [5.74, 6) is -1.30. The van der Waals surface area contributed by atoms with Crippen molar-refractivity contribution in [3.63, 3.8) is 0 Å². The Morgan fingerprint density at radius 1 is 0.829 bits per heavy atom. The maximum absolute atomic E-state index is 12.6. The summed E-state index contributed by atoms with van der Waals surface area (Å²) < 4.78 is 27.8. The summed E-state index contributed by atoms with van der Waals surface area (Å²) in [6, 6.07) is 21.7. The molecule has 10 nitrogen and oxygen atoms in total. The predicted molar refractivity (Wildman–Crippen MR) is 129 cm³/mol. The molecule has 1 atom stereocenters. The molecule has 0 heterocycles. The molecule has 3 aromatic rings. The minimum absolute atomic E-state index is 0.0303. The van der Waals surface area contributed by atoms with E-state index in [1.807, 2.05) is 6.07 Å². The number of hydrogen-bond acceptors (Lipinski definition) is 5. The second kappa shape index (κ2) is 11.8. The molecule has 0 aliphatic carbocycles. The molecule has 0 spiro atoms. The fourth-order valence-electron chi connectivity index (χ4n) is 3.21. The number of carbonyl (C=O) groups excluding carboxylic acids is 3. The zero-order chi connectivity index (χ0) is 25.3. The summed E-state index contributed by atoms with van der Waals surface area (Å²) in [5, 5.41) is 2.49. The van der Waals surface area contributed by atoms with Gasteiger partial charge in [-0.25, -0.2) is 17.9 Å². The SMILES string of the molecule is NC(=O)NC(CC(=O)NNC(=O)c1cccc(S(=O)(=O)NCc2ccccc2)c1)c1ccccc1. The lowest BCUT2D eigenvalue weighted by Gasteiger charge is -2.18. The molecule has 0 saturated heterocycles. The van der Waals surface area contributed by atoms with Crippen molar-refractivity contribution < 1.29 is 22.8 Å². The number of hydrogen-bond donors (Lipinski definition) is 5. The fraction of sp³-hybridized carbons (Fsp3) is 0.125. The van der Waals surface area contributed by atoms with Gasteiger partial charge < -0.3 is 11.1 Å². The number of carbonyl (C=O) groups is 3. The largest absolute Gasteiger partial charge is 0.352 e. The van der Waals surface area contributed by atoms with E-state index in [4.69, 9.17) is 5.73 Å². The highest BCUT2D eigenvalue weighted by molar-refractivity contribution is 7.89. The zero-order valence-electron chi connectivity index (χ0n) is 18.6. The molecule has 0 fully saturated rings. The maximum Gasteiger partial charge on any atom is 0.312 e. The van der Waals surface area contributed by atoms with Crippen LogP contribution in [0.25, 0.3) is 0 Å². The third-order valence-electron chi connectivity index (χ3n) is 4.94. The predicted octanol–water partition coefficient (Wildman–Crippen LogP) is 1.73. The average Bonchev–Trinajstić information content (AvgIpc) is 2.86. The number of sulfonamides is 1. The molecule has 6 N–H and O–H groups in total. The lowest BCUT2D eigenvalue weighted by atomic mass is 10.0. The number of urea groups is 1. The third kappa shape index (κ3) is 7.66. The number of nitrogens with two attached hydrogens (primary N) is 1. The molecular weight excluding hydrogens is 470 g/mol. The van der Waals surface area contributed by atoms with Crippen LogP contribution in [0, 0.1) is 0 Å². The van der Waals surface area contributed by atoms with Crippen LogP contribution in [0.4, 0.5) is 4.79 Å². The molecule has 0 radical (unpaired) electrons. The monoisotopic (exact) mass is 495 g/mol.